The molecular weight excluding hydrogens is 356 g/mol. The van der Waals surface area contributed by atoms with E-state index in [2.05, 4.69) is 42.3 Å². The Bertz CT molecular complexity index is 940. The van der Waals surface area contributed by atoms with E-state index in [1.54, 1.807) is 0 Å². The second kappa shape index (κ2) is 7.57. The Kier molecular flexibility index (Phi) is 4.99. The number of hydrogen-bond acceptors (Lipinski definition) is 4. The van der Waals surface area contributed by atoms with Crippen LogP contribution in [-0.4, -0.2) is 16.5 Å². The first kappa shape index (κ1) is 17.8. The molecule has 4 rings (SSSR count). The number of para-hydroxylation sites is 1. The lowest BCUT2D eigenvalue weighted by atomic mass is 10.00. The third-order valence-corrected chi connectivity index (χ3v) is 5.09. The molecule has 0 saturated heterocycles. The molecule has 0 aliphatic carbocycles. The molecule has 5 heteroatoms. The first-order valence-corrected chi connectivity index (χ1v) is 9.69. The Morgan fingerprint density at radius 2 is 1.81 bits per heavy atom. The molecule has 0 amide bonds. The number of hydrogen-bond donors (Lipinski definition) is 1. The fraction of sp³-hybridized carbons (Fsp3) is 0.273. The molecule has 0 atom stereocenters. The molecule has 0 saturated carbocycles. The van der Waals surface area contributed by atoms with Crippen molar-refractivity contribution < 1.29 is 0 Å². The van der Waals surface area contributed by atoms with Gasteiger partial charge in [0.05, 0.1) is 5.69 Å². The number of aromatic nitrogens is 2. The van der Waals surface area contributed by atoms with E-state index in [4.69, 9.17) is 21.6 Å². The fourth-order valence-electron chi connectivity index (χ4n) is 3.33. The third kappa shape index (κ3) is 4.06. The number of nitrogens with one attached hydrogen (secondary N) is 1. The SMILES string of the molecule is CC(C)c1cc(N2CCc3cc(Cl)ccc3C2)nc(Nc2ccccc2)n1. The van der Waals surface area contributed by atoms with E-state index in [0.29, 0.717) is 11.9 Å². The van der Waals surface area contributed by atoms with Crippen molar-refractivity contribution in [2.45, 2.75) is 32.7 Å². The van der Waals surface area contributed by atoms with Gasteiger partial charge in [-0.2, -0.15) is 4.98 Å². The molecule has 1 aliphatic rings. The van der Waals surface area contributed by atoms with Crippen molar-refractivity contribution >= 4 is 29.1 Å². The molecule has 0 radical (unpaired) electrons. The zero-order valence-corrected chi connectivity index (χ0v) is 16.4. The van der Waals surface area contributed by atoms with Crippen molar-refractivity contribution in [1.82, 2.24) is 9.97 Å². The quantitative estimate of drug-likeness (QED) is 0.645. The van der Waals surface area contributed by atoms with E-state index in [0.717, 1.165) is 41.7 Å². The molecule has 3 aromatic rings. The van der Waals surface area contributed by atoms with Crippen LogP contribution in [-0.2, 0) is 13.0 Å². The Morgan fingerprint density at radius 3 is 2.59 bits per heavy atom. The van der Waals surface area contributed by atoms with E-state index in [1.165, 1.54) is 11.1 Å². The lowest BCUT2D eigenvalue weighted by Crippen LogP contribution is -2.31. The maximum atomic E-state index is 6.14. The van der Waals surface area contributed by atoms with E-state index in [-0.39, 0.29) is 0 Å². The first-order chi connectivity index (χ1) is 13.1. The van der Waals surface area contributed by atoms with E-state index < -0.39 is 0 Å². The van der Waals surface area contributed by atoms with Crippen molar-refractivity contribution in [2.24, 2.45) is 0 Å². The van der Waals surface area contributed by atoms with Crippen LogP contribution in [0.1, 0.15) is 36.6 Å². The average molecular weight is 379 g/mol. The van der Waals surface area contributed by atoms with Gasteiger partial charge in [-0.3, -0.25) is 0 Å². The predicted octanol–water partition coefficient (Wildman–Crippen LogP) is 5.56. The summed E-state index contributed by atoms with van der Waals surface area (Å²) >= 11 is 6.14. The van der Waals surface area contributed by atoms with Crippen LogP contribution in [0.3, 0.4) is 0 Å². The summed E-state index contributed by atoms with van der Waals surface area (Å²) in [5.74, 6) is 1.94. The zero-order chi connectivity index (χ0) is 18.8. The monoisotopic (exact) mass is 378 g/mol. The first-order valence-electron chi connectivity index (χ1n) is 9.32. The minimum Gasteiger partial charge on any atom is -0.352 e. The van der Waals surface area contributed by atoms with Gasteiger partial charge in [0, 0.05) is 29.9 Å². The normalized spacial score (nSPS) is 13.6. The molecule has 1 aliphatic heterocycles. The standard InChI is InChI=1S/C22H23ClN4/c1-15(2)20-13-21(26-22(25-20)24-19-6-4-3-5-7-19)27-11-10-16-12-18(23)9-8-17(16)14-27/h3-9,12-13,15H,10-11,14H2,1-2H3,(H,24,25,26). The average Bonchev–Trinajstić information content (AvgIpc) is 2.68. The smallest absolute Gasteiger partial charge is 0.229 e. The fourth-order valence-corrected chi connectivity index (χ4v) is 3.53. The van der Waals surface area contributed by atoms with Crippen molar-refractivity contribution in [3.63, 3.8) is 0 Å². The van der Waals surface area contributed by atoms with Crippen LogP contribution < -0.4 is 10.2 Å². The van der Waals surface area contributed by atoms with Crippen molar-refractivity contribution in [3.05, 3.63) is 76.4 Å². The Morgan fingerprint density at radius 1 is 1.00 bits per heavy atom. The van der Waals surface area contributed by atoms with Gasteiger partial charge in [-0.15, -0.1) is 0 Å². The van der Waals surface area contributed by atoms with Crippen molar-refractivity contribution in [2.75, 3.05) is 16.8 Å². The largest absolute Gasteiger partial charge is 0.352 e. The number of benzene rings is 2. The van der Waals surface area contributed by atoms with E-state index in [1.807, 2.05) is 36.4 Å². The molecule has 0 fully saturated rings. The highest BCUT2D eigenvalue weighted by atomic mass is 35.5. The van der Waals surface area contributed by atoms with Gasteiger partial charge in [0.1, 0.15) is 5.82 Å². The molecule has 0 bridgehead atoms. The van der Waals surface area contributed by atoms with Crippen LogP contribution in [0.15, 0.2) is 54.6 Å². The maximum absolute atomic E-state index is 6.14. The second-order valence-corrected chi connectivity index (χ2v) is 7.64. The van der Waals surface area contributed by atoms with Crippen LogP contribution in [0, 0.1) is 0 Å². The van der Waals surface area contributed by atoms with E-state index >= 15 is 0 Å². The molecule has 0 unspecified atom stereocenters. The van der Waals surface area contributed by atoms with Crippen LogP contribution in [0.2, 0.25) is 5.02 Å². The summed E-state index contributed by atoms with van der Waals surface area (Å²) < 4.78 is 0. The lowest BCUT2D eigenvalue weighted by Gasteiger charge is -2.30. The minimum atomic E-state index is 0.332. The molecule has 2 aromatic carbocycles. The Labute approximate surface area is 165 Å². The number of halogens is 1. The summed E-state index contributed by atoms with van der Waals surface area (Å²) in [6.07, 6.45) is 0.971. The third-order valence-electron chi connectivity index (χ3n) is 4.86. The molecule has 4 nitrogen and oxygen atoms in total. The lowest BCUT2D eigenvalue weighted by molar-refractivity contribution is 0.714. The van der Waals surface area contributed by atoms with Gasteiger partial charge in [0.15, 0.2) is 0 Å². The van der Waals surface area contributed by atoms with Crippen LogP contribution >= 0.6 is 11.6 Å². The van der Waals surface area contributed by atoms with Gasteiger partial charge in [-0.25, -0.2) is 4.98 Å². The number of anilines is 3. The molecule has 138 valence electrons. The van der Waals surface area contributed by atoms with Gasteiger partial charge in [-0.1, -0.05) is 49.7 Å². The highest BCUT2D eigenvalue weighted by Gasteiger charge is 2.20. The number of fused-ring (bicyclic) bond motifs is 1. The molecule has 2 heterocycles. The van der Waals surface area contributed by atoms with Crippen LogP contribution in [0.25, 0.3) is 0 Å². The maximum Gasteiger partial charge on any atom is 0.229 e. The summed E-state index contributed by atoms with van der Waals surface area (Å²) in [5, 5.41) is 4.15. The van der Waals surface area contributed by atoms with Crippen LogP contribution in [0.5, 0.6) is 0 Å². The molecule has 27 heavy (non-hydrogen) atoms. The molecule has 0 spiro atoms. The van der Waals surface area contributed by atoms with Gasteiger partial charge >= 0.3 is 0 Å². The topological polar surface area (TPSA) is 41.1 Å². The summed E-state index contributed by atoms with van der Waals surface area (Å²) in [4.78, 5) is 11.8. The summed E-state index contributed by atoms with van der Waals surface area (Å²) in [7, 11) is 0. The summed E-state index contributed by atoms with van der Waals surface area (Å²) in [6, 6.07) is 18.3. The minimum absolute atomic E-state index is 0.332. The Hall–Kier alpha value is -2.59. The zero-order valence-electron chi connectivity index (χ0n) is 15.6. The van der Waals surface area contributed by atoms with Gasteiger partial charge < -0.3 is 10.2 Å². The highest BCUT2D eigenvalue weighted by molar-refractivity contribution is 6.30. The summed E-state index contributed by atoms with van der Waals surface area (Å²) in [5.41, 5.74) is 4.68. The summed E-state index contributed by atoms with van der Waals surface area (Å²) in [6.45, 7) is 6.08. The van der Waals surface area contributed by atoms with Gasteiger partial charge in [0.25, 0.3) is 0 Å². The molecule has 1 N–H and O–H groups in total. The second-order valence-electron chi connectivity index (χ2n) is 7.20. The molecule has 1 aromatic heterocycles. The Balaban J connectivity index is 1.65. The number of rotatable bonds is 4. The van der Waals surface area contributed by atoms with Crippen LogP contribution in [0.4, 0.5) is 17.5 Å². The molecular formula is C22H23ClN4. The van der Waals surface area contributed by atoms with Crippen molar-refractivity contribution in [1.29, 1.82) is 0 Å². The van der Waals surface area contributed by atoms with Gasteiger partial charge in [-0.05, 0) is 47.7 Å². The van der Waals surface area contributed by atoms with E-state index in [9.17, 15) is 0 Å². The highest BCUT2D eigenvalue weighted by Crippen LogP contribution is 2.28. The van der Waals surface area contributed by atoms with Gasteiger partial charge in [0.2, 0.25) is 5.95 Å². The van der Waals surface area contributed by atoms with Crippen molar-refractivity contribution in [3.8, 4) is 0 Å². The number of nitrogens with zero attached hydrogens (tertiary/aromatic N) is 3. The predicted molar refractivity (Wildman–Crippen MR) is 112 cm³/mol.